The zero-order valence-electron chi connectivity index (χ0n) is 9.52. The van der Waals surface area contributed by atoms with Crippen molar-refractivity contribution in [3.8, 4) is 0 Å². The van der Waals surface area contributed by atoms with Crippen LogP contribution in [-0.4, -0.2) is 9.91 Å². The smallest absolute Gasteiger partial charge is 0.260 e. The fraction of sp³-hybridized carbons (Fsp3) is 0. The van der Waals surface area contributed by atoms with Gasteiger partial charge in [0, 0.05) is 22.8 Å². The van der Waals surface area contributed by atoms with E-state index in [9.17, 15) is 10.1 Å². The standard InChI is InChI=1S/C11H8BrN5O2/c12-8-1-6-11(13-7-8)15-16-14-9-2-4-10(5-3-9)17(18)19/h1-7H,(H,13,14,15). The summed E-state index contributed by atoms with van der Waals surface area (Å²) < 4.78 is 0.856. The van der Waals surface area contributed by atoms with Crippen LogP contribution in [0, 0.1) is 10.1 Å². The predicted molar refractivity (Wildman–Crippen MR) is 73.2 cm³/mol. The predicted octanol–water partition coefficient (Wildman–Crippen LogP) is 3.86. The van der Waals surface area contributed by atoms with Crippen molar-refractivity contribution in [3.05, 3.63) is 57.2 Å². The minimum atomic E-state index is -0.461. The van der Waals surface area contributed by atoms with Crippen molar-refractivity contribution >= 4 is 33.1 Å². The summed E-state index contributed by atoms with van der Waals surface area (Å²) in [7, 11) is 0. The van der Waals surface area contributed by atoms with E-state index in [1.54, 1.807) is 30.5 Å². The van der Waals surface area contributed by atoms with Gasteiger partial charge in [0.25, 0.3) is 5.69 Å². The number of nitrogens with zero attached hydrogens (tertiary/aromatic N) is 4. The van der Waals surface area contributed by atoms with Crippen molar-refractivity contribution in [2.45, 2.75) is 0 Å². The summed E-state index contributed by atoms with van der Waals surface area (Å²) in [5, 5.41) is 18.1. The maximum absolute atomic E-state index is 10.5. The molecule has 0 saturated carbocycles. The molecule has 0 amide bonds. The van der Waals surface area contributed by atoms with Gasteiger partial charge >= 0.3 is 0 Å². The van der Waals surface area contributed by atoms with Crippen molar-refractivity contribution in [2.24, 2.45) is 10.3 Å². The molecule has 0 unspecified atom stereocenters. The van der Waals surface area contributed by atoms with Crippen LogP contribution in [0.2, 0.25) is 0 Å². The Bertz CT molecular complexity index is 597. The number of aromatic nitrogens is 1. The lowest BCUT2D eigenvalue weighted by molar-refractivity contribution is -0.384. The summed E-state index contributed by atoms with van der Waals surface area (Å²) in [6, 6.07) is 9.36. The van der Waals surface area contributed by atoms with E-state index in [2.05, 4.69) is 36.7 Å². The van der Waals surface area contributed by atoms with E-state index in [4.69, 9.17) is 0 Å². The first kappa shape index (κ1) is 13.1. The number of benzene rings is 1. The molecule has 1 N–H and O–H groups in total. The van der Waals surface area contributed by atoms with E-state index in [1.807, 2.05) is 0 Å². The first-order chi connectivity index (χ1) is 9.15. The fourth-order valence-corrected chi connectivity index (χ4v) is 1.45. The number of anilines is 1. The summed E-state index contributed by atoms with van der Waals surface area (Å²) in [5.41, 5.74) is 3.29. The summed E-state index contributed by atoms with van der Waals surface area (Å²) >= 11 is 3.26. The van der Waals surface area contributed by atoms with E-state index < -0.39 is 4.92 Å². The molecule has 7 nitrogen and oxygen atoms in total. The Morgan fingerprint density at radius 1 is 1.21 bits per heavy atom. The number of rotatable bonds is 4. The zero-order chi connectivity index (χ0) is 13.7. The first-order valence-corrected chi connectivity index (χ1v) is 5.97. The van der Waals surface area contributed by atoms with Crippen molar-refractivity contribution in [1.82, 2.24) is 4.98 Å². The molecule has 1 aromatic carbocycles. The largest absolute Gasteiger partial charge is 0.269 e. The quantitative estimate of drug-likeness (QED) is 0.525. The second kappa shape index (κ2) is 6.01. The average Bonchev–Trinajstić information content (AvgIpc) is 2.41. The molecular formula is C11H8BrN5O2. The van der Waals surface area contributed by atoms with E-state index in [1.165, 1.54) is 12.1 Å². The molecule has 0 saturated heterocycles. The Balaban J connectivity index is 1.98. The van der Waals surface area contributed by atoms with Gasteiger partial charge in [-0.2, -0.15) is 0 Å². The molecule has 2 aromatic rings. The molecule has 0 aliphatic heterocycles. The molecule has 0 aliphatic rings. The second-order valence-corrected chi connectivity index (χ2v) is 4.37. The first-order valence-electron chi connectivity index (χ1n) is 5.18. The lowest BCUT2D eigenvalue weighted by Gasteiger charge is -1.98. The monoisotopic (exact) mass is 321 g/mol. The van der Waals surface area contributed by atoms with Crippen LogP contribution in [0.25, 0.3) is 0 Å². The Kier molecular flexibility index (Phi) is 4.14. The number of halogens is 1. The Labute approximate surface area is 116 Å². The number of nitro benzene ring substituents is 1. The third-order valence-corrected chi connectivity index (χ3v) is 2.59. The van der Waals surface area contributed by atoms with Gasteiger partial charge in [-0.1, -0.05) is 5.22 Å². The van der Waals surface area contributed by atoms with E-state index in [0.29, 0.717) is 11.5 Å². The molecule has 2 rings (SSSR count). The third kappa shape index (κ3) is 3.81. The summed E-state index contributed by atoms with van der Waals surface area (Å²) in [6.45, 7) is 0. The van der Waals surface area contributed by atoms with Crippen LogP contribution in [0.3, 0.4) is 0 Å². The zero-order valence-corrected chi connectivity index (χ0v) is 11.1. The summed E-state index contributed by atoms with van der Waals surface area (Å²) in [6.07, 6.45) is 1.61. The van der Waals surface area contributed by atoms with Crippen LogP contribution in [-0.2, 0) is 0 Å². The highest BCUT2D eigenvalue weighted by atomic mass is 79.9. The van der Waals surface area contributed by atoms with Crippen molar-refractivity contribution in [1.29, 1.82) is 0 Å². The van der Waals surface area contributed by atoms with Gasteiger partial charge in [-0.05, 0) is 40.2 Å². The van der Waals surface area contributed by atoms with E-state index >= 15 is 0 Å². The molecule has 96 valence electrons. The van der Waals surface area contributed by atoms with Gasteiger partial charge < -0.3 is 0 Å². The third-order valence-electron chi connectivity index (χ3n) is 2.12. The van der Waals surface area contributed by atoms with Gasteiger partial charge in [0.05, 0.1) is 10.6 Å². The van der Waals surface area contributed by atoms with E-state index in [-0.39, 0.29) is 5.69 Å². The van der Waals surface area contributed by atoms with Gasteiger partial charge in [-0.15, -0.1) is 5.11 Å². The lowest BCUT2D eigenvalue weighted by Crippen LogP contribution is -1.89. The average molecular weight is 322 g/mol. The molecule has 0 fully saturated rings. The van der Waals surface area contributed by atoms with Crippen LogP contribution in [0.1, 0.15) is 0 Å². The number of hydrogen-bond acceptors (Lipinski definition) is 5. The number of nitrogens with one attached hydrogen (secondary N) is 1. The van der Waals surface area contributed by atoms with Gasteiger partial charge in [0.1, 0.15) is 0 Å². The summed E-state index contributed by atoms with van der Waals surface area (Å²) in [5.74, 6) is 0.456. The minimum Gasteiger partial charge on any atom is -0.260 e. The van der Waals surface area contributed by atoms with Gasteiger partial charge in [0.2, 0.25) is 0 Å². The molecule has 0 aliphatic carbocycles. The SMILES string of the molecule is O=[N+]([O-])c1ccc(NN=Nc2ccc(Br)cn2)cc1. The van der Waals surface area contributed by atoms with Crippen molar-refractivity contribution in [2.75, 3.05) is 5.43 Å². The van der Waals surface area contributed by atoms with Crippen molar-refractivity contribution in [3.63, 3.8) is 0 Å². The van der Waals surface area contributed by atoms with Gasteiger partial charge in [0.15, 0.2) is 5.82 Å². The van der Waals surface area contributed by atoms with Crippen LogP contribution in [0.5, 0.6) is 0 Å². The van der Waals surface area contributed by atoms with Crippen LogP contribution < -0.4 is 5.43 Å². The van der Waals surface area contributed by atoms with Gasteiger partial charge in [-0.3, -0.25) is 15.5 Å². The fourth-order valence-electron chi connectivity index (χ4n) is 1.22. The maximum Gasteiger partial charge on any atom is 0.269 e. The molecule has 0 bridgehead atoms. The summed E-state index contributed by atoms with van der Waals surface area (Å²) in [4.78, 5) is 14.0. The molecule has 0 atom stereocenters. The van der Waals surface area contributed by atoms with Crippen LogP contribution in [0.15, 0.2) is 57.4 Å². The highest BCUT2D eigenvalue weighted by molar-refractivity contribution is 9.10. The molecular weight excluding hydrogens is 314 g/mol. The lowest BCUT2D eigenvalue weighted by atomic mass is 10.3. The van der Waals surface area contributed by atoms with Gasteiger partial charge in [-0.25, -0.2) is 4.98 Å². The van der Waals surface area contributed by atoms with Crippen molar-refractivity contribution < 1.29 is 4.92 Å². The van der Waals surface area contributed by atoms with Crippen LogP contribution >= 0.6 is 15.9 Å². The second-order valence-electron chi connectivity index (χ2n) is 3.45. The Hall–Kier alpha value is -2.35. The normalized spacial score (nSPS) is 10.6. The Morgan fingerprint density at radius 3 is 2.53 bits per heavy atom. The molecule has 1 heterocycles. The highest BCUT2D eigenvalue weighted by Crippen LogP contribution is 2.16. The Morgan fingerprint density at radius 2 is 1.95 bits per heavy atom. The molecule has 1 aromatic heterocycles. The topological polar surface area (TPSA) is 92.8 Å². The molecule has 8 heteroatoms. The molecule has 19 heavy (non-hydrogen) atoms. The number of nitro groups is 1. The van der Waals surface area contributed by atoms with Crippen LogP contribution in [0.4, 0.5) is 17.2 Å². The number of pyridine rings is 1. The van der Waals surface area contributed by atoms with E-state index in [0.717, 1.165) is 4.47 Å². The minimum absolute atomic E-state index is 0.0251. The molecule has 0 spiro atoms. The number of hydrogen-bond donors (Lipinski definition) is 1. The number of non-ortho nitro benzene ring substituents is 1. The highest BCUT2D eigenvalue weighted by Gasteiger charge is 2.02. The maximum atomic E-state index is 10.5. The molecule has 0 radical (unpaired) electrons.